The number of aliphatic hydroxyl groups excluding tert-OH is 1. The summed E-state index contributed by atoms with van der Waals surface area (Å²) in [7, 11) is 5.43. The quantitative estimate of drug-likeness (QED) is 0.262. The number of rotatable bonds is 11. The van der Waals surface area contributed by atoms with Crippen molar-refractivity contribution in [3.8, 4) is 0 Å². The van der Waals surface area contributed by atoms with E-state index in [9.17, 15) is 14.7 Å². The number of carbonyl (C=O) groups excluding carboxylic acids is 2. The van der Waals surface area contributed by atoms with E-state index in [2.05, 4.69) is 34.6 Å². The van der Waals surface area contributed by atoms with Gasteiger partial charge in [0.25, 0.3) is 0 Å². The molecular formula is C41H68N2O6. The molecule has 7 rings (SSSR count). The van der Waals surface area contributed by atoms with E-state index in [0.29, 0.717) is 73.0 Å². The molecule has 0 aromatic heterocycles. The second-order valence-corrected chi connectivity index (χ2v) is 19.4. The summed E-state index contributed by atoms with van der Waals surface area (Å²) in [5.74, 6) is 3.07. The predicted octanol–water partition coefficient (Wildman–Crippen LogP) is 6.68. The summed E-state index contributed by atoms with van der Waals surface area (Å²) in [5, 5.41) is 12.2. The number of hydrogen-bond donors (Lipinski definition) is 1. The fraction of sp³-hybridized carbons (Fsp3) is 0.951. The van der Waals surface area contributed by atoms with Gasteiger partial charge in [0.1, 0.15) is 0 Å². The summed E-state index contributed by atoms with van der Waals surface area (Å²) in [4.78, 5) is 28.9. The van der Waals surface area contributed by atoms with Crippen LogP contribution in [0, 0.1) is 56.7 Å². The van der Waals surface area contributed by atoms with Crippen molar-refractivity contribution >= 4 is 11.8 Å². The SMILES string of the molecule is COC(CCC(=O)N(C)C)C[C@@H](C)[C@H]1C[C@H](O)[C@@]2(C)C3CC[C@H]4C(C)(C)C(O[C@H]5CN(C(=O)CC6CC6)CCO5)CCC45CC35CCC12C. The first kappa shape index (κ1) is 36.2. The maximum atomic E-state index is 12.9. The van der Waals surface area contributed by atoms with Crippen molar-refractivity contribution in [3.63, 3.8) is 0 Å². The van der Waals surface area contributed by atoms with Gasteiger partial charge < -0.3 is 29.1 Å². The minimum atomic E-state index is -0.326. The highest BCUT2D eigenvalue weighted by molar-refractivity contribution is 5.77. The van der Waals surface area contributed by atoms with Crippen LogP contribution in [0.5, 0.6) is 0 Å². The summed E-state index contributed by atoms with van der Waals surface area (Å²) in [6.07, 6.45) is 14.2. The third-order valence-corrected chi connectivity index (χ3v) is 16.9. The molecule has 7 fully saturated rings. The Bertz CT molecular complexity index is 1270. The maximum absolute atomic E-state index is 12.9. The van der Waals surface area contributed by atoms with Crippen LogP contribution in [0.15, 0.2) is 0 Å². The molecule has 49 heavy (non-hydrogen) atoms. The number of nitrogens with zero attached hydrogens (tertiary/aromatic N) is 2. The van der Waals surface area contributed by atoms with Crippen LogP contribution in [0.3, 0.4) is 0 Å². The minimum absolute atomic E-state index is 0.0342. The van der Waals surface area contributed by atoms with Crippen LogP contribution >= 0.6 is 0 Å². The third kappa shape index (κ3) is 5.66. The Morgan fingerprint density at radius 1 is 1.00 bits per heavy atom. The highest BCUT2D eigenvalue weighted by Gasteiger charge is 2.83. The highest BCUT2D eigenvalue weighted by Crippen LogP contribution is 2.89. The largest absolute Gasteiger partial charge is 0.393 e. The van der Waals surface area contributed by atoms with Crippen LogP contribution in [0.2, 0.25) is 0 Å². The first-order valence-corrected chi connectivity index (χ1v) is 20.1. The van der Waals surface area contributed by atoms with Crippen molar-refractivity contribution in [2.75, 3.05) is 40.9 Å². The Kier molecular flexibility index (Phi) is 9.39. The molecule has 6 unspecified atom stereocenters. The van der Waals surface area contributed by atoms with E-state index in [1.54, 1.807) is 12.0 Å². The van der Waals surface area contributed by atoms with E-state index < -0.39 is 0 Å². The van der Waals surface area contributed by atoms with Crippen LogP contribution in [0.4, 0.5) is 0 Å². The van der Waals surface area contributed by atoms with Gasteiger partial charge in [0, 0.05) is 46.0 Å². The van der Waals surface area contributed by atoms with Crippen molar-refractivity contribution in [3.05, 3.63) is 0 Å². The van der Waals surface area contributed by atoms with Crippen molar-refractivity contribution in [1.82, 2.24) is 9.80 Å². The fourth-order valence-corrected chi connectivity index (χ4v) is 13.7. The molecule has 2 spiro atoms. The Balaban J connectivity index is 1.03. The van der Waals surface area contributed by atoms with E-state index in [1.807, 2.05) is 19.0 Å². The van der Waals surface area contributed by atoms with Crippen LogP contribution in [0.1, 0.15) is 125 Å². The summed E-state index contributed by atoms with van der Waals surface area (Å²) in [6.45, 7) is 14.1. The molecule has 12 atom stereocenters. The number of morpholine rings is 1. The van der Waals surface area contributed by atoms with Crippen LogP contribution in [-0.2, 0) is 23.8 Å². The lowest BCUT2D eigenvalue weighted by Gasteiger charge is -2.64. The third-order valence-electron chi connectivity index (χ3n) is 16.9. The van der Waals surface area contributed by atoms with Gasteiger partial charge in [-0.3, -0.25) is 9.59 Å². The standard InChI is InChI=1S/C41H68N2O6/c1-26(21-28(47-8)11-14-34(45)42(6)7)29-23-32(44)39(5)31-13-12-30-37(2,3)33(15-16-40(30)25-41(31,40)18-17-38(29,39)4)49-36-24-43(19-20-48-36)35(46)22-27-9-10-27/h26-33,36,44H,9-25H2,1-8H3/t26-,28?,29-,30+,31?,32+,33?,36+,38?,39-,40?,41?/m1/s1. The van der Waals surface area contributed by atoms with Crippen LogP contribution < -0.4 is 0 Å². The van der Waals surface area contributed by atoms with Gasteiger partial charge in [0.15, 0.2) is 6.29 Å². The molecule has 8 nitrogen and oxygen atoms in total. The Labute approximate surface area is 296 Å². The molecule has 278 valence electrons. The lowest BCUT2D eigenvalue weighted by Crippen LogP contribution is -2.60. The van der Waals surface area contributed by atoms with Gasteiger partial charge in [-0.25, -0.2) is 0 Å². The monoisotopic (exact) mass is 685 g/mol. The van der Waals surface area contributed by atoms with E-state index in [0.717, 1.165) is 25.7 Å². The maximum Gasteiger partial charge on any atom is 0.223 e. The van der Waals surface area contributed by atoms with Crippen molar-refractivity contribution in [2.45, 2.75) is 149 Å². The summed E-state index contributed by atoms with van der Waals surface area (Å²) in [5.41, 5.74) is 0.721. The van der Waals surface area contributed by atoms with Gasteiger partial charge in [-0.1, -0.05) is 34.6 Å². The highest BCUT2D eigenvalue weighted by atomic mass is 16.7. The number of hydrogen-bond acceptors (Lipinski definition) is 6. The Hall–Kier alpha value is -1.22. The van der Waals surface area contributed by atoms with Gasteiger partial charge in [0.2, 0.25) is 11.8 Å². The number of methoxy groups -OCH3 is 1. The lowest BCUT2D eigenvalue weighted by molar-refractivity contribution is -0.248. The molecule has 1 aliphatic heterocycles. The molecule has 6 saturated carbocycles. The zero-order valence-corrected chi connectivity index (χ0v) is 32.1. The normalized spacial score (nSPS) is 45.0. The number of fused-ring (bicyclic) bond motifs is 2. The fourth-order valence-electron chi connectivity index (χ4n) is 13.7. The molecule has 1 heterocycles. The molecule has 0 aromatic carbocycles. The number of ether oxygens (including phenoxy) is 3. The second-order valence-electron chi connectivity index (χ2n) is 19.4. The van der Waals surface area contributed by atoms with Gasteiger partial charge in [-0.05, 0) is 128 Å². The summed E-state index contributed by atoms with van der Waals surface area (Å²) < 4.78 is 18.9. The molecule has 7 aliphatic rings. The minimum Gasteiger partial charge on any atom is -0.393 e. The van der Waals surface area contributed by atoms with Crippen LogP contribution in [-0.4, -0.2) is 92.2 Å². The van der Waals surface area contributed by atoms with Gasteiger partial charge >= 0.3 is 0 Å². The van der Waals surface area contributed by atoms with Crippen molar-refractivity contribution < 1.29 is 28.9 Å². The first-order chi connectivity index (χ1) is 23.1. The molecule has 1 N–H and O–H groups in total. The summed E-state index contributed by atoms with van der Waals surface area (Å²) >= 11 is 0. The molecule has 6 aliphatic carbocycles. The van der Waals surface area contributed by atoms with E-state index in [4.69, 9.17) is 14.2 Å². The average Bonchev–Trinajstić information content (AvgIpc) is 3.98. The molecular weight excluding hydrogens is 616 g/mol. The van der Waals surface area contributed by atoms with E-state index in [1.165, 1.54) is 51.4 Å². The average molecular weight is 685 g/mol. The topological polar surface area (TPSA) is 88.5 Å². The van der Waals surface area contributed by atoms with Crippen molar-refractivity contribution in [1.29, 1.82) is 0 Å². The number of aliphatic hydroxyl groups is 1. The van der Waals surface area contributed by atoms with Gasteiger partial charge in [-0.2, -0.15) is 0 Å². The molecule has 0 bridgehead atoms. The molecule has 8 heteroatoms. The van der Waals surface area contributed by atoms with Gasteiger partial charge in [0.05, 0.1) is 31.5 Å². The first-order valence-electron chi connectivity index (χ1n) is 20.1. The molecule has 2 amide bonds. The Morgan fingerprint density at radius 3 is 2.41 bits per heavy atom. The number of amides is 2. The van der Waals surface area contributed by atoms with E-state index in [-0.39, 0.29) is 52.7 Å². The summed E-state index contributed by atoms with van der Waals surface area (Å²) in [6, 6.07) is 0. The smallest absolute Gasteiger partial charge is 0.223 e. The second kappa shape index (κ2) is 12.7. The van der Waals surface area contributed by atoms with E-state index >= 15 is 0 Å². The molecule has 0 aromatic rings. The van der Waals surface area contributed by atoms with Crippen molar-refractivity contribution in [2.24, 2.45) is 56.7 Å². The lowest BCUT2D eigenvalue weighted by atomic mass is 9.41. The predicted molar refractivity (Wildman–Crippen MR) is 189 cm³/mol. The van der Waals surface area contributed by atoms with Crippen LogP contribution in [0.25, 0.3) is 0 Å². The molecule has 0 radical (unpaired) electrons. The molecule has 1 saturated heterocycles. The zero-order valence-electron chi connectivity index (χ0n) is 32.1. The number of carbonyl (C=O) groups is 2. The Morgan fingerprint density at radius 2 is 1.71 bits per heavy atom. The van der Waals surface area contributed by atoms with Gasteiger partial charge in [-0.15, -0.1) is 0 Å². The zero-order chi connectivity index (χ0) is 35.1.